The molecule has 0 saturated heterocycles. The molecular formula is C23H25N3O. The van der Waals surface area contributed by atoms with Crippen molar-refractivity contribution >= 4 is 5.91 Å². The Morgan fingerprint density at radius 2 is 1.78 bits per heavy atom. The molecule has 1 aromatic heterocycles. The molecule has 1 aliphatic carbocycles. The van der Waals surface area contributed by atoms with Crippen molar-refractivity contribution in [1.82, 2.24) is 14.7 Å². The first kappa shape index (κ1) is 17.5. The van der Waals surface area contributed by atoms with Crippen LogP contribution >= 0.6 is 0 Å². The summed E-state index contributed by atoms with van der Waals surface area (Å²) in [6.07, 6.45) is 2.20. The number of hydrogen-bond donors (Lipinski definition) is 0. The van der Waals surface area contributed by atoms with Crippen molar-refractivity contribution in [1.29, 1.82) is 0 Å². The summed E-state index contributed by atoms with van der Waals surface area (Å²) in [4.78, 5) is 15.2. The van der Waals surface area contributed by atoms with E-state index in [4.69, 9.17) is 0 Å². The van der Waals surface area contributed by atoms with E-state index in [2.05, 4.69) is 36.3 Å². The summed E-state index contributed by atoms with van der Waals surface area (Å²) in [7, 11) is 0. The normalized spacial score (nSPS) is 13.6. The Hall–Kier alpha value is -2.88. The van der Waals surface area contributed by atoms with Crippen molar-refractivity contribution in [3.05, 3.63) is 88.7 Å². The molecule has 1 heterocycles. The summed E-state index contributed by atoms with van der Waals surface area (Å²) in [6, 6.07) is 20.7. The zero-order valence-corrected chi connectivity index (χ0v) is 15.9. The SMILES string of the molecule is Cc1cc(C)n(Cc2cccc(C(=O)N(Cc3ccccc3)C3CC3)c2)n1. The van der Waals surface area contributed by atoms with Gasteiger partial charge in [-0.05, 0) is 56.0 Å². The number of aryl methyl sites for hydroxylation is 2. The number of hydrogen-bond acceptors (Lipinski definition) is 2. The van der Waals surface area contributed by atoms with Gasteiger partial charge in [0.05, 0.1) is 12.2 Å². The summed E-state index contributed by atoms with van der Waals surface area (Å²) in [5, 5.41) is 4.53. The predicted octanol–water partition coefficient (Wildman–Crippen LogP) is 4.35. The third-order valence-electron chi connectivity index (χ3n) is 5.05. The van der Waals surface area contributed by atoms with Crippen molar-refractivity contribution in [3.8, 4) is 0 Å². The van der Waals surface area contributed by atoms with E-state index >= 15 is 0 Å². The first-order chi connectivity index (χ1) is 13.1. The largest absolute Gasteiger partial charge is 0.331 e. The minimum absolute atomic E-state index is 0.122. The standard InChI is InChI=1S/C23H25N3O/c1-17-13-18(2)26(24-17)16-20-9-6-10-21(14-20)23(27)25(22-11-12-22)15-19-7-4-3-5-8-19/h3-10,13-14,22H,11-12,15-16H2,1-2H3. The Kier molecular flexibility index (Phi) is 4.80. The molecule has 3 aromatic rings. The van der Waals surface area contributed by atoms with Crippen LogP contribution in [0.1, 0.15) is 45.7 Å². The average Bonchev–Trinajstić information content (AvgIpc) is 3.46. The third kappa shape index (κ3) is 4.11. The monoisotopic (exact) mass is 359 g/mol. The second-order valence-electron chi connectivity index (χ2n) is 7.43. The molecule has 0 bridgehead atoms. The Bertz CT molecular complexity index is 941. The summed E-state index contributed by atoms with van der Waals surface area (Å²) in [5.74, 6) is 0.122. The molecule has 0 radical (unpaired) electrons. The van der Waals surface area contributed by atoms with E-state index in [9.17, 15) is 4.79 Å². The van der Waals surface area contributed by atoms with E-state index in [1.54, 1.807) is 0 Å². The van der Waals surface area contributed by atoms with Gasteiger partial charge in [0.15, 0.2) is 0 Å². The van der Waals surface area contributed by atoms with Crippen LogP contribution in [0.25, 0.3) is 0 Å². The van der Waals surface area contributed by atoms with Crippen LogP contribution in [0.2, 0.25) is 0 Å². The molecule has 27 heavy (non-hydrogen) atoms. The number of nitrogens with zero attached hydrogens (tertiary/aromatic N) is 3. The van der Waals surface area contributed by atoms with Gasteiger partial charge in [-0.2, -0.15) is 5.10 Å². The van der Waals surface area contributed by atoms with Gasteiger partial charge in [0.25, 0.3) is 5.91 Å². The van der Waals surface area contributed by atoms with E-state index in [1.165, 1.54) is 5.56 Å². The molecule has 0 N–H and O–H groups in total. The lowest BCUT2D eigenvalue weighted by molar-refractivity contribution is 0.0730. The molecule has 1 aliphatic rings. The Labute approximate surface area is 160 Å². The van der Waals surface area contributed by atoms with Crippen LogP contribution in [0.5, 0.6) is 0 Å². The molecule has 0 aliphatic heterocycles. The van der Waals surface area contributed by atoms with E-state index in [0.717, 1.165) is 35.4 Å². The summed E-state index contributed by atoms with van der Waals surface area (Å²) in [5.41, 5.74) is 5.19. The molecule has 0 unspecified atom stereocenters. The van der Waals surface area contributed by atoms with E-state index in [0.29, 0.717) is 19.1 Å². The van der Waals surface area contributed by atoms with Gasteiger partial charge in [-0.3, -0.25) is 9.48 Å². The summed E-state index contributed by atoms with van der Waals surface area (Å²) in [6.45, 7) is 5.42. The van der Waals surface area contributed by atoms with Crippen molar-refractivity contribution in [2.45, 2.75) is 45.8 Å². The summed E-state index contributed by atoms with van der Waals surface area (Å²) >= 11 is 0. The minimum atomic E-state index is 0.122. The number of benzene rings is 2. The molecule has 1 saturated carbocycles. The maximum Gasteiger partial charge on any atom is 0.254 e. The van der Waals surface area contributed by atoms with Gasteiger partial charge in [-0.1, -0.05) is 42.5 Å². The maximum absolute atomic E-state index is 13.2. The highest BCUT2D eigenvalue weighted by atomic mass is 16.2. The van der Waals surface area contributed by atoms with Gasteiger partial charge < -0.3 is 4.90 Å². The fourth-order valence-corrected chi connectivity index (χ4v) is 3.51. The molecule has 2 aromatic carbocycles. The Morgan fingerprint density at radius 1 is 1.04 bits per heavy atom. The topological polar surface area (TPSA) is 38.1 Å². The van der Waals surface area contributed by atoms with Crippen LogP contribution in [-0.4, -0.2) is 26.6 Å². The minimum Gasteiger partial charge on any atom is -0.331 e. The van der Waals surface area contributed by atoms with Gasteiger partial charge in [-0.15, -0.1) is 0 Å². The molecule has 138 valence electrons. The first-order valence-electron chi connectivity index (χ1n) is 9.55. The highest BCUT2D eigenvalue weighted by Crippen LogP contribution is 2.30. The highest BCUT2D eigenvalue weighted by Gasteiger charge is 2.33. The van der Waals surface area contributed by atoms with Crippen molar-refractivity contribution < 1.29 is 4.79 Å². The molecular weight excluding hydrogens is 334 g/mol. The van der Waals surface area contributed by atoms with Crippen molar-refractivity contribution in [3.63, 3.8) is 0 Å². The van der Waals surface area contributed by atoms with Gasteiger partial charge >= 0.3 is 0 Å². The second-order valence-corrected chi connectivity index (χ2v) is 7.43. The number of carbonyl (C=O) groups excluding carboxylic acids is 1. The Balaban J connectivity index is 1.54. The van der Waals surface area contributed by atoms with Gasteiger partial charge in [0, 0.05) is 23.8 Å². The average molecular weight is 359 g/mol. The quantitative estimate of drug-likeness (QED) is 0.656. The number of carbonyl (C=O) groups is 1. The van der Waals surface area contributed by atoms with Crippen LogP contribution < -0.4 is 0 Å². The van der Waals surface area contributed by atoms with Crippen LogP contribution in [0, 0.1) is 13.8 Å². The summed E-state index contributed by atoms with van der Waals surface area (Å²) < 4.78 is 1.99. The van der Waals surface area contributed by atoms with Crippen LogP contribution in [0.15, 0.2) is 60.7 Å². The smallest absolute Gasteiger partial charge is 0.254 e. The Morgan fingerprint density at radius 3 is 2.44 bits per heavy atom. The molecule has 4 heteroatoms. The van der Waals surface area contributed by atoms with Crippen LogP contribution in [0.3, 0.4) is 0 Å². The molecule has 1 amide bonds. The van der Waals surface area contributed by atoms with E-state index in [1.807, 2.05) is 52.9 Å². The predicted molar refractivity (Wildman–Crippen MR) is 107 cm³/mol. The lowest BCUT2D eigenvalue weighted by Gasteiger charge is -2.23. The first-order valence-corrected chi connectivity index (χ1v) is 9.55. The fraction of sp³-hybridized carbons (Fsp3) is 0.304. The molecule has 0 atom stereocenters. The number of aromatic nitrogens is 2. The van der Waals surface area contributed by atoms with Crippen molar-refractivity contribution in [2.75, 3.05) is 0 Å². The fourth-order valence-electron chi connectivity index (χ4n) is 3.51. The van der Waals surface area contributed by atoms with E-state index < -0.39 is 0 Å². The highest BCUT2D eigenvalue weighted by molar-refractivity contribution is 5.94. The molecule has 4 rings (SSSR count). The lowest BCUT2D eigenvalue weighted by Crippen LogP contribution is -2.32. The van der Waals surface area contributed by atoms with E-state index in [-0.39, 0.29) is 5.91 Å². The molecule has 0 spiro atoms. The van der Waals surface area contributed by atoms with Crippen molar-refractivity contribution in [2.24, 2.45) is 0 Å². The van der Waals surface area contributed by atoms with Gasteiger partial charge in [-0.25, -0.2) is 0 Å². The zero-order valence-electron chi connectivity index (χ0n) is 15.9. The second kappa shape index (κ2) is 7.39. The molecule has 4 nitrogen and oxygen atoms in total. The zero-order chi connectivity index (χ0) is 18.8. The van der Waals surface area contributed by atoms with Gasteiger partial charge in [0.1, 0.15) is 0 Å². The number of amides is 1. The van der Waals surface area contributed by atoms with Crippen LogP contribution in [0.4, 0.5) is 0 Å². The van der Waals surface area contributed by atoms with Crippen LogP contribution in [-0.2, 0) is 13.1 Å². The third-order valence-corrected chi connectivity index (χ3v) is 5.05. The van der Waals surface area contributed by atoms with Gasteiger partial charge in [0.2, 0.25) is 0 Å². The lowest BCUT2D eigenvalue weighted by atomic mass is 10.1. The molecule has 1 fully saturated rings. The maximum atomic E-state index is 13.2. The number of rotatable bonds is 6.